The summed E-state index contributed by atoms with van der Waals surface area (Å²) in [7, 11) is 0. The molecule has 2 fully saturated rings. The lowest BCUT2D eigenvalue weighted by molar-refractivity contribution is 0.00960. The highest BCUT2D eigenvalue weighted by atomic mass is 32.1. The number of hydrogen-bond donors (Lipinski definition) is 0. The van der Waals surface area contributed by atoms with Crippen LogP contribution in [0.1, 0.15) is 43.7 Å². The molecule has 0 unspecified atom stereocenters. The van der Waals surface area contributed by atoms with Crippen molar-refractivity contribution in [1.82, 2.24) is 9.55 Å². The van der Waals surface area contributed by atoms with E-state index in [1.54, 1.807) is 11.3 Å². The molecule has 1 aliphatic carbocycles. The van der Waals surface area contributed by atoms with Crippen molar-refractivity contribution in [3.8, 4) is 10.7 Å². The number of hydrogen-bond acceptors (Lipinski definition) is 3. The fourth-order valence-electron chi connectivity index (χ4n) is 3.75. The third kappa shape index (κ3) is 1.93. The van der Waals surface area contributed by atoms with Gasteiger partial charge in [0.2, 0.25) is 0 Å². The van der Waals surface area contributed by atoms with Gasteiger partial charge >= 0.3 is 0 Å². The van der Waals surface area contributed by atoms with Gasteiger partial charge in [0.15, 0.2) is 5.82 Å². The van der Waals surface area contributed by atoms with Gasteiger partial charge in [0, 0.05) is 12.4 Å². The molecule has 1 spiro atoms. The van der Waals surface area contributed by atoms with Crippen LogP contribution in [-0.4, -0.2) is 21.8 Å². The lowest BCUT2D eigenvalue weighted by atomic mass is 9.96. The highest BCUT2D eigenvalue weighted by molar-refractivity contribution is 7.13. The molecule has 3 heterocycles. The molecule has 0 N–H and O–H groups in total. The van der Waals surface area contributed by atoms with Crippen molar-refractivity contribution < 1.29 is 4.74 Å². The number of thiophene rings is 1. The van der Waals surface area contributed by atoms with E-state index in [0.717, 1.165) is 18.9 Å². The van der Waals surface area contributed by atoms with E-state index in [0.29, 0.717) is 6.04 Å². The van der Waals surface area contributed by atoms with Gasteiger partial charge in [-0.2, -0.15) is 0 Å². The summed E-state index contributed by atoms with van der Waals surface area (Å²) in [6, 6.07) is 2.62. The van der Waals surface area contributed by atoms with Gasteiger partial charge in [-0.1, -0.05) is 12.8 Å². The van der Waals surface area contributed by atoms with E-state index in [2.05, 4.69) is 34.1 Å². The molecule has 3 nitrogen and oxygen atoms in total. The molecule has 1 saturated heterocycles. The molecule has 4 rings (SSSR count). The van der Waals surface area contributed by atoms with Crippen molar-refractivity contribution in [2.24, 2.45) is 0 Å². The zero-order valence-electron chi connectivity index (χ0n) is 11.8. The highest BCUT2D eigenvalue weighted by Crippen LogP contribution is 2.45. The number of ether oxygens (including phenoxy) is 1. The van der Waals surface area contributed by atoms with Crippen molar-refractivity contribution in [3.05, 3.63) is 29.4 Å². The molecule has 2 aromatic heterocycles. The zero-order valence-corrected chi connectivity index (χ0v) is 12.7. The van der Waals surface area contributed by atoms with Crippen LogP contribution < -0.4 is 0 Å². The maximum absolute atomic E-state index is 6.20. The Hall–Kier alpha value is -1.13. The fourth-order valence-corrected chi connectivity index (χ4v) is 4.68. The third-order valence-corrected chi connectivity index (χ3v) is 5.84. The molecule has 0 radical (unpaired) electrons. The molecule has 1 aliphatic heterocycles. The first kappa shape index (κ1) is 12.6. The van der Waals surface area contributed by atoms with Gasteiger partial charge in [-0.05, 0) is 43.2 Å². The van der Waals surface area contributed by atoms with Gasteiger partial charge in [0.05, 0.1) is 23.1 Å². The predicted molar refractivity (Wildman–Crippen MR) is 81.1 cm³/mol. The first-order valence-corrected chi connectivity index (χ1v) is 8.37. The van der Waals surface area contributed by atoms with Gasteiger partial charge < -0.3 is 9.30 Å². The summed E-state index contributed by atoms with van der Waals surface area (Å²) in [5.41, 5.74) is 1.49. The van der Waals surface area contributed by atoms with Gasteiger partial charge in [0.25, 0.3) is 0 Å². The second kappa shape index (κ2) is 4.71. The third-order valence-electron chi connectivity index (χ3n) is 4.83. The van der Waals surface area contributed by atoms with E-state index < -0.39 is 0 Å². The quantitative estimate of drug-likeness (QED) is 0.828. The lowest BCUT2D eigenvalue weighted by Crippen LogP contribution is -2.23. The first-order chi connectivity index (χ1) is 9.77. The second-order valence-corrected chi connectivity index (χ2v) is 7.07. The van der Waals surface area contributed by atoms with Crippen molar-refractivity contribution in [2.75, 3.05) is 6.61 Å². The van der Waals surface area contributed by atoms with E-state index in [4.69, 9.17) is 4.74 Å². The number of nitrogens with zero attached hydrogens (tertiary/aromatic N) is 2. The Morgan fingerprint density at radius 1 is 1.40 bits per heavy atom. The van der Waals surface area contributed by atoms with Crippen LogP contribution in [0.25, 0.3) is 10.7 Å². The summed E-state index contributed by atoms with van der Waals surface area (Å²) in [5, 5.41) is 2.15. The minimum atomic E-state index is 0.177. The zero-order chi connectivity index (χ0) is 13.6. The van der Waals surface area contributed by atoms with Crippen LogP contribution in [0, 0.1) is 6.92 Å². The Morgan fingerprint density at radius 2 is 2.25 bits per heavy atom. The Labute approximate surface area is 123 Å². The molecule has 2 aliphatic rings. The van der Waals surface area contributed by atoms with Crippen LogP contribution in [0.15, 0.2) is 23.8 Å². The largest absolute Gasteiger partial charge is 0.373 e. The minimum Gasteiger partial charge on any atom is -0.373 e. The molecule has 2 aromatic rings. The summed E-state index contributed by atoms with van der Waals surface area (Å²) in [6.07, 6.45) is 10.3. The molecular weight excluding hydrogens is 268 g/mol. The van der Waals surface area contributed by atoms with Crippen molar-refractivity contribution >= 4 is 11.3 Å². The van der Waals surface area contributed by atoms with Crippen LogP contribution in [0.4, 0.5) is 0 Å². The molecule has 106 valence electrons. The van der Waals surface area contributed by atoms with E-state index in [1.807, 2.05) is 6.20 Å². The molecule has 4 heteroatoms. The number of aryl methyl sites for hydroxylation is 1. The topological polar surface area (TPSA) is 27.1 Å². The summed E-state index contributed by atoms with van der Waals surface area (Å²) in [4.78, 5) is 5.89. The average molecular weight is 288 g/mol. The number of aromatic nitrogens is 2. The average Bonchev–Trinajstić information content (AvgIpc) is 3.19. The highest BCUT2D eigenvalue weighted by Gasteiger charge is 2.43. The van der Waals surface area contributed by atoms with Crippen molar-refractivity contribution in [1.29, 1.82) is 0 Å². The summed E-state index contributed by atoms with van der Waals surface area (Å²) < 4.78 is 8.53. The molecule has 0 aromatic carbocycles. The summed E-state index contributed by atoms with van der Waals surface area (Å²) >= 11 is 1.78. The van der Waals surface area contributed by atoms with Gasteiger partial charge in [0.1, 0.15) is 0 Å². The van der Waals surface area contributed by atoms with E-state index in [9.17, 15) is 0 Å². The van der Waals surface area contributed by atoms with Gasteiger partial charge in [-0.3, -0.25) is 0 Å². The van der Waals surface area contributed by atoms with Gasteiger partial charge in [-0.25, -0.2) is 4.98 Å². The van der Waals surface area contributed by atoms with Gasteiger partial charge in [-0.15, -0.1) is 11.3 Å². The number of rotatable bonds is 2. The minimum absolute atomic E-state index is 0.177. The SMILES string of the molecule is Cc1ccsc1-c1nccn1[C@H]1COC2(CCCC2)C1. The normalized spacial score (nSPS) is 24.8. The van der Waals surface area contributed by atoms with Crippen LogP contribution in [0.3, 0.4) is 0 Å². The lowest BCUT2D eigenvalue weighted by Gasteiger charge is -2.21. The Balaban J connectivity index is 1.64. The first-order valence-electron chi connectivity index (χ1n) is 7.49. The molecule has 20 heavy (non-hydrogen) atoms. The molecule has 1 atom stereocenters. The van der Waals surface area contributed by atoms with Crippen LogP contribution in [0.2, 0.25) is 0 Å². The molecule has 1 saturated carbocycles. The Kier molecular flexibility index (Phi) is 2.97. The smallest absolute Gasteiger partial charge is 0.150 e. The maximum atomic E-state index is 6.20. The van der Waals surface area contributed by atoms with Crippen LogP contribution in [-0.2, 0) is 4.74 Å². The van der Waals surface area contributed by atoms with Crippen molar-refractivity contribution in [2.45, 2.75) is 50.7 Å². The van der Waals surface area contributed by atoms with E-state index in [1.165, 1.54) is 36.1 Å². The summed E-state index contributed by atoms with van der Waals surface area (Å²) in [5.74, 6) is 1.11. The maximum Gasteiger partial charge on any atom is 0.150 e. The second-order valence-electron chi connectivity index (χ2n) is 6.15. The van der Waals surface area contributed by atoms with Crippen molar-refractivity contribution in [3.63, 3.8) is 0 Å². The Bertz CT molecular complexity index is 610. The Morgan fingerprint density at radius 3 is 3.00 bits per heavy atom. The van der Waals surface area contributed by atoms with E-state index in [-0.39, 0.29) is 5.60 Å². The molecular formula is C16H20N2OS. The predicted octanol–water partition coefficient (Wildman–Crippen LogP) is 4.19. The molecule has 0 bridgehead atoms. The monoisotopic (exact) mass is 288 g/mol. The molecule has 0 amide bonds. The summed E-state index contributed by atoms with van der Waals surface area (Å²) in [6.45, 7) is 3.00. The van der Waals surface area contributed by atoms with Crippen LogP contribution in [0.5, 0.6) is 0 Å². The standard InChI is InChI=1S/C16H20N2OS/c1-12-4-9-20-14(12)15-17-7-8-18(15)13-10-16(19-11-13)5-2-3-6-16/h4,7-9,13H,2-3,5-6,10-11H2,1H3/t13-/m1/s1. The number of imidazole rings is 1. The fraction of sp³-hybridized carbons (Fsp3) is 0.562. The van der Waals surface area contributed by atoms with E-state index >= 15 is 0 Å². The van der Waals surface area contributed by atoms with Crippen LogP contribution >= 0.6 is 11.3 Å².